The number of nitro benzene ring substituents is 1. The van der Waals surface area contributed by atoms with E-state index in [4.69, 9.17) is 0 Å². The van der Waals surface area contributed by atoms with Gasteiger partial charge in [0.15, 0.2) is 0 Å². The number of hydrogen-bond donors (Lipinski definition) is 2. The van der Waals surface area contributed by atoms with E-state index in [2.05, 4.69) is 10.6 Å². The van der Waals surface area contributed by atoms with Crippen molar-refractivity contribution in [3.8, 4) is 0 Å². The lowest BCUT2D eigenvalue weighted by Crippen LogP contribution is -2.43. The second kappa shape index (κ2) is 5.59. The topological polar surface area (TPSA) is 84.3 Å². The Kier molecular flexibility index (Phi) is 3.88. The number of amides is 1. The number of nitrogens with zero attached hydrogens (tertiary/aromatic N) is 1. The van der Waals surface area contributed by atoms with Crippen LogP contribution >= 0.6 is 0 Å². The van der Waals surface area contributed by atoms with Crippen LogP contribution in [-0.2, 0) is 4.79 Å². The van der Waals surface area contributed by atoms with Gasteiger partial charge in [-0.3, -0.25) is 14.9 Å². The number of carbonyl (C=O) groups excluding carboxylic acids is 1. The van der Waals surface area contributed by atoms with Gasteiger partial charge in [-0.05, 0) is 31.5 Å². The van der Waals surface area contributed by atoms with Gasteiger partial charge in [-0.15, -0.1) is 0 Å². The highest BCUT2D eigenvalue weighted by molar-refractivity contribution is 5.94. The first-order chi connectivity index (χ1) is 8.66. The average Bonchev–Trinajstić information content (AvgIpc) is 2.40. The molecule has 0 bridgehead atoms. The predicted octanol–water partition coefficient (Wildman–Crippen LogP) is 1.68. The molecule has 1 fully saturated rings. The molecule has 1 heterocycles. The molecular weight excluding hydrogens is 234 g/mol. The molecule has 1 atom stereocenters. The first kappa shape index (κ1) is 12.5. The van der Waals surface area contributed by atoms with Crippen LogP contribution in [0.3, 0.4) is 0 Å². The smallest absolute Gasteiger partial charge is 0.269 e. The summed E-state index contributed by atoms with van der Waals surface area (Å²) in [6.07, 6.45) is 2.98. The van der Waals surface area contributed by atoms with Gasteiger partial charge in [0, 0.05) is 17.8 Å². The van der Waals surface area contributed by atoms with Gasteiger partial charge >= 0.3 is 0 Å². The van der Waals surface area contributed by atoms with E-state index in [-0.39, 0.29) is 17.6 Å². The van der Waals surface area contributed by atoms with Crippen LogP contribution in [0.25, 0.3) is 0 Å². The van der Waals surface area contributed by atoms with Crippen LogP contribution in [0.5, 0.6) is 0 Å². The molecule has 1 aromatic rings. The van der Waals surface area contributed by atoms with Crippen molar-refractivity contribution < 1.29 is 9.72 Å². The highest BCUT2D eigenvalue weighted by Gasteiger charge is 2.20. The fourth-order valence-electron chi connectivity index (χ4n) is 1.97. The van der Waals surface area contributed by atoms with Crippen LogP contribution in [0.15, 0.2) is 24.3 Å². The Morgan fingerprint density at radius 3 is 2.61 bits per heavy atom. The van der Waals surface area contributed by atoms with Gasteiger partial charge in [0.05, 0.1) is 11.0 Å². The molecule has 1 amide bonds. The maximum absolute atomic E-state index is 11.9. The van der Waals surface area contributed by atoms with E-state index in [1.807, 2.05) is 0 Å². The highest BCUT2D eigenvalue weighted by Crippen LogP contribution is 2.16. The molecule has 6 nitrogen and oxygen atoms in total. The Morgan fingerprint density at radius 2 is 2.06 bits per heavy atom. The number of rotatable bonds is 3. The summed E-state index contributed by atoms with van der Waals surface area (Å²) in [7, 11) is 0. The van der Waals surface area contributed by atoms with Crippen LogP contribution in [0, 0.1) is 10.1 Å². The predicted molar refractivity (Wildman–Crippen MR) is 67.4 cm³/mol. The molecule has 18 heavy (non-hydrogen) atoms. The lowest BCUT2D eigenvalue weighted by atomic mass is 10.0. The minimum absolute atomic E-state index is 0.0174. The second-order valence-corrected chi connectivity index (χ2v) is 4.30. The van der Waals surface area contributed by atoms with Gasteiger partial charge in [0.1, 0.15) is 0 Å². The van der Waals surface area contributed by atoms with E-state index in [9.17, 15) is 14.9 Å². The normalized spacial score (nSPS) is 19.2. The number of nitro groups is 1. The quantitative estimate of drug-likeness (QED) is 0.630. The van der Waals surface area contributed by atoms with Crippen LogP contribution < -0.4 is 10.6 Å². The summed E-state index contributed by atoms with van der Waals surface area (Å²) in [5.41, 5.74) is 0.599. The fourth-order valence-corrected chi connectivity index (χ4v) is 1.97. The zero-order chi connectivity index (χ0) is 13.0. The molecule has 6 heteroatoms. The molecule has 1 aromatic carbocycles. The molecule has 1 saturated heterocycles. The van der Waals surface area contributed by atoms with Crippen LogP contribution in [-0.4, -0.2) is 23.4 Å². The highest BCUT2D eigenvalue weighted by atomic mass is 16.6. The number of benzene rings is 1. The molecule has 2 rings (SSSR count). The van der Waals surface area contributed by atoms with E-state index >= 15 is 0 Å². The summed E-state index contributed by atoms with van der Waals surface area (Å²) >= 11 is 0. The largest absolute Gasteiger partial charge is 0.325 e. The van der Waals surface area contributed by atoms with Crippen molar-refractivity contribution in [1.29, 1.82) is 0 Å². The van der Waals surface area contributed by atoms with Crippen molar-refractivity contribution in [3.63, 3.8) is 0 Å². The first-order valence-electron chi connectivity index (χ1n) is 5.95. The number of non-ortho nitro benzene ring substituents is 1. The standard InChI is InChI=1S/C12H15N3O3/c16-12(11-3-1-2-8-13-11)14-9-4-6-10(7-5-9)15(17)18/h4-7,11,13H,1-3,8H2,(H,14,16)/t11-/m0/s1. The van der Waals surface area contributed by atoms with Gasteiger partial charge in [-0.2, -0.15) is 0 Å². The van der Waals surface area contributed by atoms with Crippen molar-refractivity contribution in [1.82, 2.24) is 5.32 Å². The summed E-state index contributed by atoms with van der Waals surface area (Å²) in [4.78, 5) is 21.9. The zero-order valence-electron chi connectivity index (χ0n) is 9.89. The van der Waals surface area contributed by atoms with Gasteiger partial charge in [-0.1, -0.05) is 6.42 Å². The van der Waals surface area contributed by atoms with Crippen molar-refractivity contribution >= 4 is 17.3 Å². The minimum Gasteiger partial charge on any atom is -0.325 e. The third-order valence-electron chi connectivity index (χ3n) is 2.97. The second-order valence-electron chi connectivity index (χ2n) is 4.30. The molecular formula is C12H15N3O3. The Bertz CT molecular complexity index is 438. The Hall–Kier alpha value is -1.95. The number of carbonyl (C=O) groups is 1. The summed E-state index contributed by atoms with van der Waals surface area (Å²) in [5, 5.41) is 16.4. The zero-order valence-corrected chi connectivity index (χ0v) is 9.89. The Labute approximate surface area is 105 Å². The van der Waals surface area contributed by atoms with Gasteiger partial charge in [-0.25, -0.2) is 0 Å². The van der Waals surface area contributed by atoms with Crippen LogP contribution in [0.4, 0.5) is 11.4 Å². The summed E-state index contributed by atoms with van der Waals surface area (Å²) in [6.45, 7) is 0.859. The molecule has 2 N–H and O–H groups in total. The number of anilines is 1. The number of hydrogen-bond acceptors (Lipinski definition) is 4. The maximum Gasteiger partial charge on any atom is 0.269 e. The van der Waals surface area contributed by atoms with Gasteiger partial charge in [0.25, 0.3) is 5.69 Å². The maximum atomic E-state index is 11.9. The van der Waals surface area contributed by atoms with Crippen molar-refractivity contribution in [2.45, 2.75) is 25.3 Å². The first-order valence-corrected chi connectivity index (χ1v) is 5.95. The molecule has 0 aromatic heterocycles. The van der Waals surface area contributed by atoms with E-state index in [0.29, 0.717) is 5.69 Å². The molecule has 1 aliphatic heterocycles. The van der Waals surface area contributed by atoms with Crippen LogP contribution in [0.1, 0.15) is 19.3 Å². The van der Waals surface area contributed by atoms with Gasteiger partial charge < -0.3 is 10.6 Å². The fraction of sp³-hybridized carbons (Fsp3) is 0.417. The van der Waals surface area contributed by atoms with E-state index < -0.39 is 4.92 Å². The molecule has 96 valence electrons. The van der Waals surface area contributed by atoms with Crippen LogP contribution in [0.2, 0.25) is 0 Å². The molecule has 1 aliphatic rings. The van der Waals surface area contributed by atoms with E-state index in [0.717, 1.165) is 25.8 Å². The van der Waals surface area contributed by atoms with Crippen molar-refractivity contribution in [2.75, 3.05) is 11.9 Å². The summed E-state index contributed by atoms with van der Waals surface area (Å²) in [6, 6.07) is 5.68. The third-order valence-corrected chi connectivity index (χ3v) is 2.97. The van der Waals surface area contributed by atoms with Gasteiger partial charge in [0.2, 0.25) is 5.91 Å². The summed E-state index contributed by atoms with van der Waals surface area (Å²) in [5.74, 6) is -0.0800. The minimum atomic E-state index is -0.464. The third kappa shape index (κ3) is 3.04. The van der Waals surface area contributed by atoms with E-state index in [1.54, 1.807) is 12.1 Å². The van der Waals surface area contributed by atoms with E-state index in [1.165, 1.54) is 12.1 Å². The molecule has 0 aliphatic carbocycles. The SMILES string of the molecule is O=C(Nc1ccc([N+](=O)[O-])cc1)[C@@H]1CCCCN1. The number of piperidine rings is 1. The Balaban J connectivity index is 1.96. The average molecular weight is 249 g/mol. The molecule has 0 spiro atoms. The summed E-state index contributed by atoms with van der Waals surface area (Å²) < 4.78 is 0. The lowest BCUT2D eigenvalue weighted by Gasteiger charge is -2.22. The Morgan fingerprint density at radius 1 is 1.33 bits per heavy atom. The number of nitrogens with one attached hydrogen (secondary N) is 2. The molecule has 0 saturated carbocycles. The molecule has 0 unspecified atom stereocenters. The molecule has 0 radical (unpaired) electrons. The van der Waals surface area contributed by atoms with Crippen molar-refractivity contribution in [3.05, 3.63) is 34.4 Å². The lowest BCUT2D eigenvalue weighted by molar-refractivity contribution is -0.384. The van der Waals surface area contributed by atoms with Crippen molar-refractivity contribution in [2.24, 2.45) is 0 Å². The monoisotopic (exact) mass is 249 g/mol.